The Kier molecular flexibility index (Phi) is 3.99. The molecule has 0 amide bonds. The molecular formula is C23H19N. The van der Waals surface area contributed by atoms with Gasteiger partial charge >= 0.3 is 0 Å². The van der Waals surface area contributed by atoms with Crippen molar-refractivity contribution in [3.8, 4) is 22.3 Å². The van der Waals surface area contributed by atoms with Gasteiger partial charge in [0.2, 0.25) is 0 Å². The van der Waals surface area contributed by atoms with Crippen molar-refractivity contribution in [3.63, 3.8) is 0 Å². The third-order valence-corrected chi connectivity index (χ3v) is 4.38. The zero-order chi connectivity index (χ0) is 16.2. The largest absolute Gasteiger partial charge is 0.367 e. The third kappa shape index (κ3) is 2.89. The van der Waals surface area contributed by atoms with Gasteiger partial charge in [0.15, 0.2) is 0 Å². The van der Waals surface area contributed by atoms with Crippen LogP contribution >= 0.6 is 0 Å². The number of H-pyrrole nitrogens is 1. The molecule has 1 aromatic heterocycles. The van der Waals surface area contributed by atoms with Crippen molar-refractivity contribution < 1.29 is 0 Å². The summed E-state index contributed by atoms with van der Waals surface area (Å²) < 4.78 is 0. The van der Waals surface area contributed by atoms with Crippen LogP contribution < -0.4 is 0 Å². The van der Waals surface area contributed by atoms with Gasteiger partial charge in [0.05, 0.1) is 0 Å². The summed E-state index contributed by atoms with van der Waals surface area (Å²) in [7, 11) is 0. The van der Waals surface area contributed by atoms with Crippen LogP contribution in [0.3, 0.4) is 0 Å². The fourth-order valence-corrected chi connectivity index (χ4v) is 3.21. The first-order valence-corrected chi connectivity index (χ1v) is 8.26. The molecule has 0 atom stereocenters. The third-order valence-electron chi connectivity index (χ3n) is 4.38. The maximum atomic E-state index is 3.15. The molecule has 0 spiro atoms. The van der Waals surface area contributed by atoms with Crippen LogP contribution in [0, 0.1) is 0 Å². The molecule has 116 valence electrons. The van der Waals surface area contributed by atoms with Gasteiger partial charge in [-0.15, -0.1) is 0 Å². The molecule has 0 saturated heterocycles. The summed E-state index contributed by atoms with van der Waals surface area (Å²) in [6.45, 7) is 0. The standard InChI is InChI=1S/C23H19N/c1-2-8-19(9-3-1)21-11-6-7-13-23(21)22-12-5-4-10-20(22)16-18-14-15-24-17-18/h1-15,17,24H,16H2. The number of aromatic amines is 1. The van der Waals surface area contributed by atoms with Gasteiger partial charge in [0.1, 0.15) is 0 Å². The first-order chi connectivity index (χ1) is 11.9. The van der Waals surface area contributed by atoms with E-state index in [4.69, 9.17) is 0 Å². The number of benzene rings is 3. The molecule has 0 aliphatic heterocycles. The number of hydrogen-bond acceptors (Lipinski definition) is 0. The Morgan fingerprint density at radius 3 is 2.00 bits per heavy atom. The summed E-state index contributed by atoms with van der Waals surface area (Å²) in [5.41, 5.74) is 7.78. The van der Waals surface area contributed by atoms with Gasteiger partial charge in [-0.3, -0.25) is 0 Å². The summed E-state index contributed by atoms with van der Waals surface area (Å²) in [4.78, 5) is 3.15. The van der Waals surface area contributed by atoms with E-state index in [9.17, 15) is 0 Å². The fourth-order valence-electron chi connectivity index (χ4n) is 3.21. The number of aromatic nitrogens is 1. The van der Waals surface area contributed by atoms with Crippen LogP contribution in [0.2, 0.25) is 0 Å². The van der Waals surface area contributed by atoms with Gasteiger partial charge in [0, 0.05) is 12.4 Å². The molecule has 0 aliphatic carbocycles. The van der Waals surface area contributed by atoms with Crippen molar-refractivity contribution in [1.82, 2.24) is 4.98 Å². The maximum Gasteiger partial charge on any atom is 0.00407 e. The Morgan fingerprint density at radius 1 is 0.583 bits per heavy atom. The molecule has 0 bridgehead atoms. The Morgan fingerprint density at radius 2 is 1.25 bits per heavy atom. The van der Waals surface area contributed by atoms with Crippen molar-refractivity contribution in [1.29, 1.82) is 0 Å². The van der Waals surface area contributed by atoms with E-state index in [1.165, 1.54) is 33.4 Å². The second-order valence-corrected chi connectivity index (χ2v) is 5.96. The second kappa shape index (κ2) is 6.59. The predicted molar refractivity (Wildman–Crippen MR) is 101 cm³/mol. The Labute approximate surface area is 142 Å². The summed E-state index contributed by atoms with van der Waals surface area (Å²) in [6.07, 6.45) is 4.98. The number of rotatable bonds is 4. The van der Waals surface area contributed by atoms with Gasteiger partial charge in [-0.2, -0.15) is 0 Å². The molecule has 1 heteroatoms. The van der Waals surface area contributed by atoms with Crippen LogP contribution in [0.25, 0.3) is 22.3 Å². The molecule has 3 aromatic carbocycles. The highest BCUT2D eigenvalue weighted by Gasteiger charge is 2.10. The van der Waals surface area contributed by atoms with Gasteiger partial charge in [-0.1, -0.05) is 78.9 Å². The quantitative estimate of drug-likeness (QED) is 0.480. The van der Waals surface area contributed by atoms with Gasteiger partial charge in [-0.05, 0) is 45.9 Å². The minimum Gasteiger partial charge on any atom is -0.367 e. The van der Waals surface area contributed by atoms with Crippen LogP contribution in [0.15, 0.2) is 97.3 Å². The van der Waals surface area contributed by atoms with Gasteiger partial charge in [-0.25, -0.2) is 0 Å². The maximum absolute atomic E-state index is 3.15. The average Bonchev–Trinajstić information content (AvgIpc) is 3.16. The highest BCUT2D eigenvalue weighted by molar-refractivity contribution is 5.84. The van der Waals surface area contributed by atoms with Crippen molar-refractivity contribution in [2.75, 3.05) is 0 Å². The van der Waals surface area contributed by atoms with Crippen LogP contribution in [0.4, 0.5) is 0 Å². The molecule has 0 unspecified atom stereocenters. The Balaban J connectivity index is 1.83. The van der Waals surface area contributed by atoms with E-state index in [1.54, 1.807) is 0 Å². The highest BCUT2D eigenvalue weighted by atomic mass is 14.6. The van der Waals surface area contributed by atoms with E-state index in [2.05, 4.69) is 96.1 Å². The molecule has 0 radical (unpaired) electrons. The minimum absolute atomic E-state index is 0.933. The summed E-state index contributed by atoms with van der Waals surface area (Å²) in [5.74, 6) is 0. The first kappa shape index (κ1) is 14.5. The van der Waals surface area contributed by atoms with Crippen LogP contribution in [-0.4, -0.2) is 4.98 Å². The smallest absolute Gasteiger partial charge is 0.00407 e. The van der Waals surface area contributed by atoms with Crippen molar-refractivity contribution in [3.05, 3.63) is 108 Å². The molecule has 4 rings (SSSR count). The molecular weight excluding hydrogens is 290 g/mol. The van der Waals surface area contributed by atoms with E-state index in [0.29, 0.717) is 0 Å². The van der Waals surface area contributed by atoms with Crippen LogP contribution in [0.5, 0.6) is 0 Å². The topological polar surface area (TPSA) is 15.8 Å². The minimum atomic E-state index is 0.933. The zero-order valence-electron chi connectivity index (χ0n) is 13.4. The molecule has 0 aliphatic rings. The van der Waals surface area contributed by atoms with Crippen molar-refractivity contribution >= 4 is 0 Å². The Hall–Kier alpha value is -3.06. The molecule has 1 heterocycles. The summed E-state index contributed by atoms with van der Waals surface area (Å²) in [6, 6.07) is 30.1. The lowest BCUT2D eigenvalue weighted by atomic mass is 9.90. The Bertz CT molecular complexity index is 921. The molecule has 1 nitrogen and oxygen atoms in total. The average molecular weight is 309 g/mol. The molecule has 24 heavy (non-hydrogen) atoms. The number of nitrogens with one attached hydrogen (secondary N) is 1. The van der Waals surface area contributed by atoms with E-state index >= 15 is 0 Å². The molecule has 1 N–H and O–H groups in total. The zero-order valence-corrected chi connectivity index (χ0v) is 13.4. The van der Waals surface area contributed by atoms with Crippen LogP contribution in [0.1, 0.15) is 11.1 Å². The van der Waals surface area contributed by atoms with Crippen molar-refractivity contribution in [2.24, 2.45) is 0 Å². The van der Waals surface area contributed by atoms with Crippen molar-refractivity contribution in [2.45, 2.75) is 6.42 Å². The van der Waals surface area contributed by atoms with Gasteiger partial charge < -0.3 is 4.98 Å². The van der Waals surface area contributed by atoms with Gasteiger partial charge in [0.25, 0.3) is 0 Å². The monoisotopic (exact) mass is 309 g/mol. The lowest BCUT2D eigenvalue weighted by Gasteiger charge is -2.14. The second-order valence-electron chi connectivity index (χ2n) is 5.96. The SMILES string of the molecule is c1ccc(-c2ccccc2-c2ccccc2Cc2cc[nH]c2)cc1. The number of hydrogen-bond donors (Lipinski definition) is 1. The predicted octanol–water partition coefficient (Wildman–Crippen LogP) is 5.94. The first-order valence-electron chi connectivity index (χ1n) is 8.26. The lowest BCUT2D eigenvalue weighted by Crippen LogP contribution is -1.93. The van der Waals surface area contributed by atoms with Crippen LogP contribution in [-0.2, 0) is 6.42 Å². The lowest BCUT2D eigenvalue weighted by molar-refractivity contribution is 1.20. The van der Waals surface area contributed by atoms with E-state index in [1.807, 2.05) is 6.20 Å². The summed E-state index contributed by atoms with van der Waals surface area (Å²) >= 11 is 0. The molecule has 4 aromatic rings. The normalized spacial score (nSPS) is 10.7. The molecule has 0 fully saturated rings. The highest BCUT2D eigenvalue weighted by Crippen LogP contribution is 2.34. The van der Waals surface area contributed by atoms with E-state index in [-0.39, 0.29) is 0 Å². The summed E-state index contributed by atoms with van der Waals surface area (Å²) in [5, 5.41) is 0. The fraction of sp³-hybridized carbons (Fsp3) is 0.0435. The van der Waals surface area contributed by atoms with E-state index in [0.717, 1.165) is 6.42 Å². The molecule has 0 saturated carbocycles. The van der Waals surface area contributed by atoms with E-state index < -0.39 is 0 Å².